The minimum Gasteiger partial charge on any atom is -0.464 e. The average molecular weight is 241 g/mol. The van der Waals surface area contributed by atoms with Crippen LogP contribution in [0.15, 0.2) is 0 Å². The van der Waals surface area contributed by atoms with Crippen molar-refractivity contribution in [3.05, 3.63) is 11.4 Å². The summed E-state index contributed by atoms with van der Waals surface area (Å²) in [6.07, 6.45) is 1.55. The van der Waals surface area contributed by atoms with Crippen molar-refractivity contribution in [3.63, 3.8) is 0 Å². The first-order chi connectivity index (χ1) is 8.24. The fourth-order valence-corrected chi connectivity index (χ4v) is 1.58. The lowest BCUT2D eigenvalue weighted by Gasteiger charge is -2.05. The quantitative estimate of drug-likeness (QED) is 0.527. The Morgan fingerprint density at radius 3 is 2.76 bits per heavy atom. The summed E-state index contributed by atoms with van der Waals surface area (Å²) < 4.78 is 11.6. The van der Waals surface area contributed by atoms with E-state index in [-0.39, 0.29) is 0 Å². The van der Waals surface area contributed by atoms with E-state index in [0.717, 1.165) is 12.1 Å². The molecule has 0 saturated carbocycles. The Morgan fingerprint density at radius 1 is 1.41 bits per heavy atom. The second-order valence-electron chi connectivity index (χ2n) is 3.50. The molecule has 0 N–H and O–H groups in total. The number of aromatic nitrogens is 3. The average Bonchev–Trinajstić information content (AvgIpc) is 2.76. The predicted molar refractivity (Wildman–Crippen MR) is 61.8 cm³/mol. The lowest BCUT2D eigenvalue weighted by molar-refractivity contribution is 0.0592. The first-order valence-corrected chi connectivity index (χ1v) is 5.83. The third kappa shape index (κ3) is 3.52. The van der Waals surface area contributed by atoms with Crippen LogP contribution < -0.4 is 0 Å². The number of esters is 1. The van der Waals surface area contributed by atoms with Gasteiger partial charge in [-0.3, -0.25) is 0 Å². The molecule has 1 heterocycles. The molecule has 6 nitrogen and oxygen atoms in total. The molecule has 6 heteroatoms. The topological polar surface area (TPSA) is 66.2 Å². The van der Waals surface area contributed by atoms with Gasteiger partial charge in [-0.05, 0) is 19.8 Å². The van der Waals surface area contributed by atoms with Crippen LogP contribution in [0.3, 0.4) is 0 Å². The number of ether oxygens (including phenoxy) is 2. The van der Waals surface area contributed by atoms with Crippen LogP contribution in [0.5, 0.6) is 0 Å². The van der Waals surface area contributed by atoms with Gasteiger partial charge in [0.15, 0.2) is 5.69 Å². The maximum atomic E-state index is 11.4. The van der Waals surface area contributed by atoms with E-state index in [0.29, 0.717) is 31.9 Å². The molecule has 17 heavy (non-hydrogen) atoms. The number of carbonyl (C=O) groups excluding carboxylic acids is 1. The minimum atomic E-state index is -0.432. The SMILES string of the molecule is CCOCCCn1nnc(C(=O)OC)c1CC. The maximum Gasteiger partial charge on any atom is 0.360 e. The van der Waals surface area contributed by atoms with E-state index in [1.807, 2.05) is 13.8 Å². The molecule has 96 valence electrons. The molecule has 0 atom stereocenters. The van der Waals surface area contributed by atoms with Crippen molar-refractivity contribution < 1.29 is 14.3 Å². The van der Waals surface area contributed by atoms with Gasteiger partial charge in [-0.25, -0.2) is 9.48 Å². The van der Waals surface area contributed by atoms with Crippen LogP contribution in [0.1, 0.15) is 36.5 Å². The normalized spacial score (nSPS) is 10.5. The largest absolute Gasteiger partial charge is 0.464 e. The highest BCUT2D eigenvalue weighted by Crippen LogP contribution is 2.08. The predicted octanol–water partition coefficient (Wildman–Crippen LogP) is 1.05. The summed E-state index contributed by atoms with van der Waals surface area (Å²) in [7, 11) is 1.34. The van der Waals surface area contributed by atoms with Crippen molar-refractivity contribution >= 4 is 5.97 Å². The third-order valence-electron chi connectivity index (χ3n) is 2.41. The Morgan fingerprint density at radius 2 is 2.18 bits per heavy atom. The fourth-order valence-electron chi connectivity index (χ4n) is 1.58. The second kappa shape index (κ2) is 7.01. The van der Waals surface area contributed by atoms with Gasteiger partial charge >= 0.3 is 5.97 Å². The van der Waals surface area contributed by atoms with E-state index in [1.165, 1.54) is 7.11 Å². The van der Waals surface area contributed by atoms with Crippen LogP contribution in [-0.4, -0.2) is 41.3 Å². The molecule has 1 aromatic rings. The van der Waals surface area contributed by atoms with E-state index in [2.05, 4.69) is 15.0 Å². The number of nitrogens with zero attached hydrogens (tertiary/aromatic N) is 3. The summed E-state index contributed by atoms with van der Waals surface area (Å²) in [6, 6.07) is 0. The van der Waals surface area contributed by atoms with Crippen molar-refractivity contribution in [2.45, 2.75) is 33.2 Å². The number of rotatable bonds is 7. The highest BCUT2D eigenvalue weighted by atomic mass is 16.5. The smallest absolute Gasteiger partial charge is 0.360 e. The first kappa shape index (κ1) is 13.6. The van der Waals surface area contributed by atoms with E-state index >= 15 is 0 Å². The number of hydrogen-bond donors (Lipinski definition) is 0. The second-order valence-corrected chi connectivity index (χ2v) is 3.50. The monoisotopic (exact) mass is 241 g/mol. The number of aryl methyl sites for hydroxylation is 1. The van der Waals surface area contributed by atoms with E-state index in [4.69, 9.17) is 4.74 Å². The molecule has 0 fully saturated rings. The molecular weight excluding hydrogens is 222 g/mol. The summed E-state index contributed by atoms with van der Waals surface area (Å²) in [5, 5.41) is 7.82. The molecule has 0 saturated heterocycles. The standard InChI is InChI=1S/C11H19N3O3/c1-4-9-10(11(15)16-3)12-13-14(9)7-6-8-17-5-2/h4-8H2,1-3H3. The molecule has 1 rings (SSSR count). The molecule has 1 aromatic heterocycles. The Hall–Kier alpha value is -1.43. The molecular formula is C11H19N3O3. The highest BCUT2D eigenvalue weighted by molar-refractivity contribution is 5.88. The highest BCUT2D eigenvalue weighted by Gasteiger charge is 2.18. The van der Waals surface area contributed by atoms with Gasteiger partial charge in [-0.2, -0.15) is 0 Å². The Kier molecular flexibility index (Phi) is 5.62. The van der Waals surface area contributed by atoms with Crippen molar-refractivity contribution in [2.75, 3.05) is 20.3 Å². The van der Waals surface area contributed by atoms with Gasteiger partial charge < -0.3 is 9.47 Å². The molecule has 0 aliphatic carbocycles. The molecule has 0 spiro atoms. The zero-order valence-electron chi connectivity index (χ0n) is 10.6. The first-order valence-electron chi connectivity index (χ1n) is 5.83. The number of carbonyl (C=O) groups is 1. The zero-order chi connectivity index (χ0) is 12.7. The molecule has 0 aliphatic heterocycles. The van der Waals surface area contributed by atoms with Gasteiger partial charge in [-0.15, -0.1) is 5.10 Å². The van der Waals surface area contributed by atoms with Crippen LogP contribution in [0.2, 0.25) is 0 Å². The summed E-state index contributed by atoms with van der Waals surface area (Å²) in [5.41, 5.74) is 1.12. The van der Waals surface area contributed by atoms with Crippen molar-refractivity contribution in [1.82, 2.24) is 15.0 Å². The summed E-state index contributed by atoms with van der Waals surface area (Å²) in [4.78, 5) is 11.4. The third-order valence-corrected chi connectivity index (χ3v) is 2.41. The molecule has 0 amide bonds. The Balaban J connectivity index is 2.66. The van der Waals surface area contributed by atoms with Crippen LogP contribution in [0.25, 0.3) is 0 Å². The number of hydrogen-bond acceptors (Lipinski definition) is 5. The van der Waals surface area contributed by atoms with Gasteiger partial charge in [0, 0.05) is 19.8 Å². The summed E-state index contributed by atoms with van der Waals surface area (Å²) in [6.45, 7) is 6.03. The van der Waals surface area contributed by atoms with Crippen molar-refractivity contribution in [3.8, 4) is 0 Å². The van der Waals surface area contributed by atoms with Crippen LogP contribution in [-0.2, 0) is 22.4 Å². The van der Waals surface area contributed by atoms with Crippen molar-refractivity contribution in [1.29, 1.82) is 0 Å². The zero-order valence-corrected chi connectivity index (χ0v) is 10.6. The van der Waals surface area contributed by atoms with E-state index in [9.17, 15) is 4.79 Å². The van der Waals surface area contributed by atoms with Crippen LogP contribution >= 0.6 is 0 Å². The molecule has 0 bridgehead atoms. The van der Waals surface area contributed by atoms with Crippen LogP contribution in [0.4, 0.5) is 0 Å². The van der Waals surface area contributed by atoms with Gasteiger partial charge in [0.1, 0.15) is 0 Å². The van der Waals surface area contributed by atoms with Crippen LogP contribution in [0, 0.1) is 0 Å². The Bertz CT molecular complexity index is 363. The van der Waals surface area contributed by atoms with E-state index < -0.39 is 5.97 Å². The van der Waals surface area contributed by atoms with Gasteiger partial charge in [-0.1, -0.05) is 12.1 Å². The maximum absolute atomic E-state index is 11.4. The summed E-state index contributed by atoms with van der Waals surface area (Å²) >= 11 is 0. The lowest BCUT2D eigenvalue weighted by Crippen LogP contribution is -2.10. The van der Waals surface area contributed by atoms with Gasteiger partial charge in [0.25, 0.3) is 0 Å². The van der Waals surface area contributed by atoms with Crippen molar-refractivity contribution in [2.24, 2.45) is 0 Å². The Labute approximate surface area is 101 Å². The fraction of sp³-hybridized carbons (Fsp3) is 0.727. The minimum absolute atomic E-state index is 0.311. The molecule has 0 unspecified atom stereocenters. The van der Waals surface area contributed by atoms with E-state index in [1.54, 1.807) is 4.68 Å². The number of methoxy groups -OCH3 is 1. The van der Waals surface area contributed by atoms with Gasteiger partial charge in [0.2, 0.25) is 0 Å². The van der Waals surface area contributed by atoms with Gasteiger partial charge in [0.05, 0.1) is 12.8 Å². The molecule has 0 aliphatic rings. The lowest BCUT2D eigenvalue weighted by atomic mass is 10.2. The molecule has 0 aromatic carbocycles. The summed E-state index contributed by atoms with van der Waals surface area (Å²) in [5.74, 6) is -0.432. The molecule has 0 radical (unpaired) electrons.